The summed E-state index contributed by atoms with van der Waals surface area (Å²) in [5.74, 6) is 0.223. The molecule has 31 heavy (non-hydrogen) atoms. The van der Waals surface area contributed by atoms with Crippen LogP contribution in [0.5, 0.6) is 0 Å². The Kier molecular flexibility index (Phi) is 4.96. The molecule has 0 fully saturated rings. The van der Waals surface area contributed by atoms with E-state index in [1.807, 2.05) is 72.8 Å². The van der Waals surface area contributed by atoms with E-state index in [-0.39, 0.29) is 24.2 Å². The van der Waals surface area contributed by atoms with Gasteiger partial charge in [-0.2, -0.15) is 0 Å². The highest BCUT2D eigenvalue weighted by Gasteiger charge is 2.26. The second kappa shape index (κ2) is 8.07. The number of rotatable bonds is 5. The van der Waals surface area contributed by atoms with Gasteiger partial charge in [0.15, 0.2) is 5.58 Å². The molecule has 0 saturated carbocycles. The Morgan fingerprint density at radius 3 is 2.65 bits per heavy atom. The van der Waals surface area contributed by atoms with Crippen molar-refractivity contribution in [1.82, 2.24) is 4.98 Å². The van der Waals surface area contributed by atoms with Gasteiger partial charge in [0.25, 0.3) is 0 Å². The standard InChI is InChI=1S/C25H21N3O3/c29-23(14-11-18-15-17-5-1-2-6-20(17)27-24(18)30)26-19-12-9-16(10-13-19)25-28-21-7-3-4-8-22(21)31-25/h1-10,12-13,18H,11,14-15H2,(H,26,29)(H,27,30)/t18-/m1/s1. The molecule has 4 aromatic rings. The Balaban J connectivity index is 1.19. The zero-order valence-electron chi connectivity index (χ0n) is 16.8. The van der Waals surface area contributed by atoms with Crippen molar-refractivity contribution in [2.24, 2.45) is 5.92 Å². The fourth-order valence-electron chi connectivity index (χ4n) is 3.87. The summed E-state index contributed by atoms with van der Waals surface area (Å²) < 4.78 is 5.78. The van der Waals surface area contributed by atoms with Gasteiger partial charge in [0.2, 0.25) is 17.7 Å². The third kappa shape index (κ3) is 4.05. The number of para-hydroxylation sites is 3. The highest BCUT2D eigenvalue weighted by molar-refractivity contribution is 5.96. The molecule has 0 radical (unpaired) electrons. The summed E-state index contributed by atoms with van der Waals surface area (Å²) in [6.45, 7) is 0. The first-order valence-electron chi connectivity index (χ1n) is 10.3. The molecule has 0 bridgehead atoms. The number of hydrogen-bond donors (Lipinski definition) is 2. The van der Waals surface area contributed by atoms with Crippen LogP contribution in [0.4, 0.5) is 11.4 Å². The molecule has 1 atom stereocenters. The number of benzene rings is 3. The van der Waals surface area contributed by atoms with Gasteiger partial charge in [-0.05, 0) is 60.9 Å². The van der Waals surface area contributed by atoms with E-state index in [0.717, 1.165) is 27.9 Å². The van der Waals surface area contributed by atoms with Crippen molar-refractivity contribution >= 4 is 34.3 Å². The minimum absolute atomic E-state index is 0.0193. The minimum atomic E-state index is -0.192. The maximum Gasteiger partial charge on any atom is 0.227 e. The van der Waals surface area contributed by atoms with Gasteiger partial charge in [0.05, 0.1) is 0 Å². The van der Waals surface area contributed by atoms with Crippen molar-refractivity contribution in [3.8, 4) is 11.5 Å². The van der Waals surface area contributed by atoms with E-state index >= 15 is 0 Å². The number of hydrogen-bond acceptors (Lipinski definition) is 4. The van der Waals surface area contributed by atoms with Gasteiger partial charge >= 0.3 is 0 Å². The Morgan fingerprint density at radius 2 is 1.81 bits per heavy atom. The van der Waals surface area contributed by atoms with Crippen LogP contribution in [0.15, 0.2) is 77.2 Å². The van der Waals surface area contributed by atoms with Crippen molar-refractivity contribution in [3.05, 3.63) is 78.4 Å². The predicted molar refractivity (Wildman–Crippen MR) is 120 cm³/mol. The molecule has 6 heteroatoms. The van der Waals surface area contributed by atoms with Crippen molar-refractivity contribution in [1.29, 1.82) is 0 Å². The molecule has 0 aliphatic carbocycles. The smallest absolute Gasteiger partial charge is 0.227 e. The van der Waals surface area contributed by atoms with E-state index in [2.05, 4.69) is 15.6 Å². The molecule has 2 N–H and O–H groups in total. The van der Waals surface area contributed by atoms with E-state index in [9.17, 15) is 9.59 Å². The third-order valence-corrected chi connectivity index (χ3v) is 5.54. The lowest BCUT2D eigenvalue weighted by molar-refractivity contribution is -0.121. The Bertz CT molecular complexity index is 1230. The predicted octanol–water partition coefficient (Wildman–Crippen LogP) is 5.02. The first-order chi connectivity index (χ1) is 15.2. The zero-order chi connectivity index (χ0) is 21.2. The van der Waals surface area contributed by atoms with Gasteiger partial charge in [-0.1, -0.05) is 30.3 Å². The molecule has 0 spiro atoms. The lowest BCUT2D eigenvalue weighted by Gasteiger charge is -2.24. The SMILES string of the molecule is O=C(CC[C@@H]1Cc2ccccc2NC1=O)Nc1ccc(-c2nc3ccccc3o2)cc1. The normalized spacial score (nSPS) is 15.4. The second-order valence-electron chi connectivity index (χ2n) is 7.70. The lowest BCUT2D eigenvalue weighted by Crippen LogP contribution is -2.30. The first-order valence-corrected chi connectivity index (χ1v) is 10.3. The number of carbonyl (C=O) groups is 2. The third-order valence-electron chi connectivity index (χ3n) is 5.54. The fourth-order valence-corrected chi connectivity index (χ4v) is 3.87. The van der Waals surface area contributed by atoms with Crippen molar-refractivity contribution in [3.63, 3.8) is 0 Å². The van der Waals surface area contributed by atoms with E-state index in [1.165, 1.54) is 0 Å². The molecular formula is C25H21N3O3. The molecule has 0 unspecified atom stereocenters. The number of anilines is 2. The van der Waals surface area contributed by atoms with Gasteiger partial charge in [-0.3, -0.25) is 9.59 Å². The number of fused-ring (bicyclic) bond motifs is 2. The van der Waals surface area contributed by atoms with E-state index in [4.69, 9.17) is 4.42 Å². The number of aromatic nitrogens is 1. The van der Waals surface area contributed by atoms with Crippen LogP contribution >= 0.6 is 0 Å². The quantitative estimate of drug-likeness (QED) is 0.483. The van der Waals surface area contributed by atoms with Gasteiger partial charge in [-0.25, -0.2) is 4.98 Å². The van der Waals surface area contributed by atoms with Crippen LogP contribution < -0.4 is 10.6 Å². The Morgan fingerprint density at radius 1 is 1.03 bits per heavy atom. The maximum absolute atomic E-state index is 12.4. The lowest BCUT2D eigenvalue weighted by atomic mass is 9.89. The molecule has 6 nitrogen and oxygen atoms in total. The van der Waals surface area contributed by atoms with E-state index < -0.39 is 0 Å². The van der Waals surface area contributed by atoms with Crippen molar-refractivity contribution < 1.29 is 14.0 Å². The average molecular weight is 411 g/mol. The largest absolute Gasteiger partial charge is 0.436 e. The summed E-state index contributed by atoms with van der Waals surface area (Å²) in [6, 6.07) is 22.8. The number of oxazole rings is 1. The second-order valence-corrected chi connectivity index (χ2v) is 7.70. The molecule has 1 aromatic heterocycles. The molecule has 5 rings (SSSR count). The number of carbonyl (C=O) groups excluding carboxylic acids is 2. The highest BCUT2D eigenvalue weighted by Crippen LogP contribution is 2.28. The molecule has 154 valence electrons. The molecule has 2 heterocycles. The van der Waals surface area contributed by atoms with Crippen molar-refractivity contribution in [2.45, 2.75) is 19.3 Å². The van der Waals surface area contributed by atoms with Crippen molar-refractivity contribution in [2.75, 3.05) is 10.6 Å². The zero-order valence-corrected chi connectivity index (χ0v) is 16.8. The summed E-state index contributed by atoms with van der Waals surface area (Å²) in [5.41, 5.74) is 5.07. The average Bonchev–Trinajstić information content (AvgIpc) is 3.22. The maximum atomic E-state index is 12.4. The Labute approximate surface area is 179 Å². The summed E-state index contributed by atoms with van der Waals surface area (Å²) in [7, 11) is 0. The van der Waals surface area contributed by atoms with Gasteiger partial charge in [0, 0.05) is 29.3 Å². The molecule has 1 aliphatic heterocycles. The molecular weight excluding hydrogens is 390 g/mol. The number of nitrogens with zero attached hydrogens (tertiary/aromatic N) is 1. The van der Waals surface area contributed by atoms with Gasteiger partial charge in [-0.15, -0.1) is 0 Å². The van der Waals surface area contributed by atoms with Crippen LogP contribution in [0, 0.1) is 5.92 Å². The summed E-state index contributed by atoms with van der Waals surface area (Å²) in [4.78, 5) is 29.2. The number of amides is 2. The van der Waals surface area contributed by atoms with Crippen LogP contribution in [0.1, 0.15) is 18.4 Å². The van der Waals surface area contributed by atoms with Crippen LogP contribution in [0.3, 0.4) is 0 Å². The molecule has 2 amide bonds. The number of nitrogens with one attached hydrogen (secondary N) is 2. The monoisotopic (exact) mass is 411 g/mol. The van der Waals surface area contributed by atoms with E-state index in [1.54, 1.807) is 0 Å². The first kappa shape index (κ1) is 19.1. The Hall–Kier alpha value is -3.93. The molecule has 1 aliphatic rings. The summed E-state index contributed by atoms with van der Waals surface area (Å²) in [6.07, 6.45) is 1.45. The molecule has 3 aromatic carbocycles. The van der Waals surface area contributed by atoms with Crippen LogP contribution in [0.2, 0.25) is 0 Å². The minimum Gasteiger partial charge on any atom is -0.436 e. The summed E-state index contributed by atoms with van der Waals surface area (Å²) in [5, 5.41) is 5.83. The van der Waals surface area contributed by atoms with Crippen LogP contribution in [-0.2, 0) is 16.0 Å². The van der Waals surface area contributed by atoms with Crippen LogP contribution in [-0.4, -0.2) is 16.8 Å². The van der Waals surface area contributed by atoms with Gasteiger partial charge < -0.3 is 15.1 Å². The highest BCUT2D eigenvalue weighted by atomic mass is 16.3. The topological polar surface area (TPSA) is 84.2 Å². The fraction of sp³-hybridized carbons (Fsp3) is 0.160. The van der Waals surface area contributed by atoms with Crippen LogP contribution in [0.25, 0.3) is 22.6 Å². The van der Waals surface area contributed by atoms with Gasteiger partial charge in [0.1, 0.15) is 5.52 Å². The summed E-state index contributed by atoms with van der Waals surface area (Å²) >= 11 is 0. The van der Waals surface area contributed by atoms with E-state index in [0.29, 0.717) is 24.4 Å². The molecule has 0 saturated heterocycles.